The Labute approximate surface area is 189 Å². The molecule has 1 saturated heterocycles. The second-order valence-electron chi connectivity index (χ2n) is 7.90. The summed E-state index contributed by atoms with van der Waals surface area (Å²) in [6, 6.07) is 13.7. The van der Waals surface area contributed by atoms with Crippen LogP contribution in [0.25, 0.3) is 0 Å². The summed E-state index contributed by atoms with van der Waals surface area (Å²) in [6.45, 7) is 4.28. The number of carbonyl (C=O) groups is 1. The second kappa shape index (κ2) is 10.4. The number of esters is 1. The van der Waals surface area contributed by atoms with Gasteiger partial charge in [-0.3, -0.25) is 0 Å². The van der Waals surface area contributed by atoms with E-state index in [2.05, 4.69) is 19.2 Å². The molecule has 0 aromatic heterocycles. The first-order valence-electron chi connectivity index (χ1n) is 10.3. The second-order valence-corrected chi connectivity index (χ2v) is 8.30. The molecule has 1 aliphatic rings. The van der Waals surface area contributed by atoms with E-state index >= 15 is 0 Å². The highest BCUT2D eigenvalue weighted by Gasteiger charge is 2.44. The Morgan fingerprint density at radius 1 is 1.16 bits per heavy atom. The quantitative estimate of drug-likeness (QED) is 0.541. The molecule has 2 aromatic rings. The Hall–Kier alpha value is -2.45. The van der Waals surface area contributed by atoms with Gasteiger partial charge in [-0.05, 0) is 35.7 Å². The Kier molecular flexibility index (Phi) is 7.90. The van der Waals surface area contributed by atoms with Gasteiger partial charge in [0.05, 0.1) is 11.1 Å². The van der Waals surface area contributed by atoms with Crippen molar-refractivity contribution in [2.45, 2.75) is 50.6 Å². The molecule has 0 spiro atoms. The Morgan fingerprint density at radius 2 is 1.84 bits per heavy atom. The van der Waals surface area contributed by atoms with Gasteiger partial charge in [-0.1, -0.05) is 49.7 Å². The van der Waals surface area contributed by atoms with Crippen LogP contribution >= 0.6 is 11.6 Å². The molecule has 0 aliphatic carbocycles. The molecule has 3 atom stereocenters. The van der Waals surface area contributed by atoms with Crippen LogP contribution in [-0.4, -0.2) is 43.5 Å². The van der Waals surface area contributed by atoms with Crippen LogP contribution in [0.2, 0.25) is 5.02 Å². The Morgan fingerprint density at radius 3 is 2.47 bits per heavy atom. The number of alkyl halides is 3. The molecule has 5 nitrogen and oxygen atoms in total. The van der Waals surface area contributed by atoms with Crippen LogP contribution in [0.1, 0.15) is 31.7 Å². The van der Waals surface area contributed by atoms with E-state index < -0.39 is 24.3 Å². The van der Waals surface area contributed by atoms with E-state index in [4.69, 9.17) is 25.8 Å². The van der Waals surface area contributed by atoms with Crippen LogP contribution in [0.4, 0.5) is 13.2 Å². The van der Waals surface area contributed by atoms with Crippen LogP contribution in [0.5, 0.6) is 11.5 Å². The van der Waals surface area contributed by atoms with Crippen molar-refractivity contribution in [2.75, 3.05) is 13.2 Å². The van der Waals surface area contributed by atoms with Crippen LogP contribution in [0.15, 0.2) is 48.5 Å². The summed E-state index contributed by atoms with van der Waals surface area (Å²) >= 11 is 6.04. The minimum absolute atomic E-state index is 0.290. The first-order valence-corrected chi connectivity index (χ1v) is 10.7. The van der Waals surface area contributed by atoms with Crippen LogP contribution < -0.4 is 14.8 Å². The third-order valence-electron chi connectivity index (χ3n) is 5.15. The van der Waals surface area contributed by atoms with Crippen molar-refractivity contribution < 1.29 is 32.2 Å². The van der Waals surface area contributed by atoms with Gasteiger partial charge in [0.2, 0.25) is 0 Å². The monoisotopic (exact) mass is 471 g/mol. The molecule has 9 heteroatoms. The van der Waals surface area contributed by atoms with Gasteiger partial charge >= 0.3 is 12.1 Å². The lowest BCUT2D eigenvalue weighted by Gasteiger charge is -2.25. The van der Waals surface area contributed by atoms with Crippen molar-refractivity contribution in [3.8, 4) is 11.5 Å². The van der Waals surface area contributed by atoms with Gasteiger partial charge in [0.15, 0.2) is 6.10 Å². The predicted molar refractivity (Wildman–Crippen MR) is 114 cm³/mol. The lowest BCUT2D eigenvalue weighted by atomic mass is 10.0. The van der Waals surface area contributed by atoms with Crippen molar-refractivity contribution in [1.82, 2.24) is 5.32 Å². The topological polar surface area (TPSA) is 56.8 Å². The maximum Gasteiger partial charge on any atom is 0.490 e. The summed E-state index contributed by atoms with van der Waals surface area (Å²) in [4.78, 5) is 11.5. The van der Waals surface area contributed by atoms with E-state index in [-0.39, 0.29) is 12.7 Å². The third-order valence-corrected chi connectivity index (χ3v) is 5.46. The van der Waals surface area contributed by atoms with Gasteiger partial charge in [0.1, 0.15) is 24.2 Å². The lowest BCUT2D eigenvalue weighted by Crippen LogP contribution is -2.44. The normalized spacial score (nSPS) is 19.6. The van der Waals surface area contributed by atoms with Gasteiger partial charge in [-0.15, -0.1) is 0 Å². The summed E-state index contributed by atoms with van der Waals surface area (Å²) in [6.07, 6.45) is -6.24. The zero-order chi connectivity index (χ0) is 23.3. The minimum Gasteiger partial charge on any atom is -0.489 e. The van der Waals surface area contributed by atoms with Crippen LogP contribution in [0, 0.1) is 0 Å². The van der Waals surface area contributed by atoms with Crippen molar-refractivity contribution in [3.63, 3.8) is 0 Å². The van der Waals surface area contributed by atoms with Gasteiger partial charge in [0, 0.05) is 13.0 Å². The fourth-order valence-corrected chi connectivity index (χ4v) is 3.59. The largest absolute Gasteiger partial charge is 0.490 e. The van der Waals surface area contributed by atoms with E-state index in [9.17, 15) is 18.0 Å². The number of ether oxygens (including phenoxy) is 3. The van der Waals surface area contributed by atoms with Gasteiger partial charge < -0.3 is 19.5 Å². The molecule has 32 heavy (non-hydrogen) atoms. The van der Waals surface area contributed by atoms with E-state index in [0.717, 1.165) is 0 Å². The lowest BCUT2D eigenvalue weighted by molar-refractivity contribution is -0.207. The Bertz CT molecular complexity index is 905. The highest BCUT2D eigenvalue weighted by Crippen LogP contribution is 2.27. The number of nitrogens with one attached hydrogen (secondary N) is 1. The van der Waals surface area contributed by atoms with Crippen LogP contribution in [-0.2, 0) is 9.53 Å². The van der Waals surface area contributed by atoms with E-state index in [0.29, 0.717) is 35.4 Å². The number of hydrogen-bond donors (Lipinski definition) is 1. The summed E-state index contributed by atoms with van der Waals surface area (Å²) in [5, 5.41) is 3.39. The van der Waals surface area contributed by atoms with E-state index in [1.807, 2.05) is 24.3 Å². The molecule has 1 fully saturated rings. The minimum atomic E-state index is -5.10. The van der Waals surface area contributed by atoms with Crippen LogP contribution in [0.3, 0.4) is 0 Å². The van der Waals surface area contributed by atoms with Gasteiger partial charge in [0.25, 0.3) is 0 Å². The van der Waals surface area contributed by atoms with E-state index in [1.54, 1.807) is 24.3 Å². The first-order chi connectivity index (χ1) is 15.1. The van der Waals surface area contributed by atoms with Crippen molar-refractivity contribution in [2.24, 2.45) is 0 Å². The highest BCUT2D eigenvalue weighted by atomic mass is 35.5. The molecule has 0 radical (unpaired) electrons. The maximum atomic E-state index is 12.8. The standard InChI is InChI=1S/C23H25ClF3NO4/c1-14(2)15-7-9-16(10-8-15)31-17-11-19(28-12-17)21(32-22(29)23(25,26)27)13-30-20-6-4-3-5-18(20)24/h3-10,14,17,19,21,28H,11-13H2,1-2H3/t17-,19-,21?/m0/s1. The number of para-hydroxylation sites is 1. The highest BCUT2D eigenvalue weighted by molar-refractivity contribution is 6.32. The number of halogens is 4. The Balaban J connectivity index is 1.64. The van der Waals surface area contributed by atoms with Gasteiger partial charge in [-0.25, -0.2) is 4.79 Å². The fraction of sp³-hybridized carbons (Fsp3) is 0.435. The molecule has 1 N–H and O–H groups in total. The SMILES string of the molecule is CC(C)c1ccc(O[C@@H]2CN[C@H](C(COc3ccccc3Cl)OC(=O)C(F)(F)F)C2)cc1. The first kappa shape index (κ1) is 24.2. The average Bonchev–Trinajstić information content (AvgIpc) is 3.20. The number of benzene rings is 2. The number of hydrogen-bond acceptors (Lipinski definition) is 5. The fourth-order valence-electron chi connectivity index (χ4n) is 3.40. The zero-order valence-corrected chi connectivity index (χ0v) is 18.5. The molecule has 2 aromatic carbocycles. The smallest absolute Gasteiger partial charge is 0.489 e. The number of rotatable bonds is 8. The molecule has 3 rings (SSSR count). The molecule has 0 saturated carbocycles. The maximum absolute atomic E-state index is 12.8. The predicted octanol–water partition coefficient (Wildman–Crippen LogP) is 5.13. The molecule has 0 bridgehead atoms. The molecule has 174 valence electrons. The summed E-state index contributed by atoms with van der Waals surface area (Å²) in [5.41, 5.74) is 1.18. The molecule has 1 unspecified atom stereocenters. The summed E-state index contributed by atoms with van der Waals surface area (Å²) in [7, 11) is 0. The van der Waals surface area contributed by atoms with E-state index in [1.165, 1.54) is 5.56 Å². The summed E-state index contributed by atoms with van der Waals surface area (Å²) < 4.78 is 54.7. The van der Waals surface area contributed by atoms with Crippen molar-refractivity contribution in [3.05, 3.63) is 59.1 Å². The van der Waals surface area contributed by atoms with Crippen molar-refractivity contribution in [1.29, 1.82) is 0 Å². The molecule has 1 heterocycles. The molecular formula is C23H25ClF3NO4. The van der Waals surface area contributed by atoms with Crippen molar-refractivity contribution >= 4 is 17.6 Å². The third kappa shape index (κ3) is 6.53. The molecule has 1 aliphatic heterocycles. The molecule has 0 amide bonds. The molecular weight excluding hydrogens is 447 g/mol. The van der Waals surface area contributed by atoms with Gasteiger partial charge in [-0.2, -0.15) is 13.2 Å². The summed E-state index contributed by atoms with van der Waals surface area (Å²) in [5.74, 6) is -0.916. The number of carbonyl (C=O) groups excluding carboxylic acids is 1. The average molecular weight is 472 g/mol. The zero-order valence-electron chi connectivity index (χ0n) is 17.7.